The molecule has 0 aromatic heterocycles. The molecule has 0 bridgehead atoms. The SMILES string of the molecule is O=S(=O)(CCCNC1CCCC1)C1CCCC1. The molecule has 0 aliphatic heterocycles. The van der Waals surface area contributed by atoms with Gasteiger partial charge < -0.3 is 5.32 Å². The van der Waals surface area contributed by atoms with E-state index >= 15 is 0 Å². The Morgan fingerprint density at radius 2 is 1.53 bits per heavy atom. The average molecular weight is 259 g/mol. The van der Waals surface area contributed by atoms with Gasteiger partial charge in [-0.1, -0.05) is 25.7 Å². The Balaban J connectivity index is 1.63. The van der Waals surface area contributed by atoms with Gasteiger partial charge in [-0.05, 0) is 38.6 Å². The summed E-state index contributed by atoms with van der Waals surface area (Å²) >= 11 is 0. The van der Waals surface area contributed by atoms with Crippen molar-refractivity contribution < 1.29 is 8.42 Å². The molecule has 2 saturated carbocycles. The molecule has 2 fully saturated rings. The van der Waals surface area contributed by atoms with E-state index in [0.29, 0.717) is 11.8 Å². The smallest absolute Gasteiger partial charge is 0.153 e. The lowest BCUT2D eigenvalue weighted by Gasteiger charge is -2.13. The van der Waals surface area contributed by atoms with E-state index in [9.17, 15) is 8.42 Å². The fourth-order valence-corrected chi connectivity index (χ4v) is 5.06. The lowest BCUT2D eigenvalue weighted by Crippen LogP contribution is -2.29. The fraction of sp³-hybridized carbons (Fsp3) is 1.00. The van der Waals surface area contributed by atoms with Crippen LogP contribution in [0.5, 0.6) is 0 Å². The van der Waals surface area contributed by atoms with Crippen LogP contribution in [0.15, 0.2) is 0 Å². The second-order valence-electron chi connectivity index (χ2n) is 5.56. The van der Waals surface area contributed by atoms with E-state index in [-0.39, 0.29) is 5.25 Å². The van der Waals surface area contributed by atoms with Gasteiger partial charge in [0.25, 0.3) is 0 Å². The maximum Gasteiger partial charge on any atom is 0.153 e. The van der Waals surface area contributed by atoms with Crippen LogP contribution >= 0.6 is 0 Å². The van der Waals surface area contributed by atoms with Crippen LogP contribution in [-0.2, 0) is 9.84 Å². The van der Waals surface area contributed by atoms with Gasteiger partial charge in [0.15, 0.2) is 9.84 Å². The van der Waals surface area contributed by atoms with Gasteiger partial charge in [0.05, 0.1) is 11.0 Å². The highest BCUT2D eigenvalue weighted by atomic mass is 32.2. The Kier molecular flexibility index (Phi) is 4.86. The van der Waals surface area contributed by atoms with Gasteiger partial charge in [-0.3, -0.25) is 0 Å². The first kappa shape index (κ1) is 13.3. The molecule has 17 heavy (non-hydrogen) atoms. The molecule has 2 aliphatic carbocycles. The highest BCUT2D eigenvalue weighted by Crippen LogP contribution is 2.25. The van der Waals surface area contributed by atoms with Gasteiger partial charge in [-0.25, -0.2) is 8.42 Å². The van der Waals surface area contributed by atoms with E-state index < -0.39 is 9.84 Å². The number of nitrogens with one attached hydrogen (secondary N) is 1. The Morgan fingerprint density at radius 3 is 2.18 bits per heavy atom. The number of rotatable bonds is 6. The first-order valence-electron chi connectivity index (χ1n) is 7.13. The van der Waals surface area contributed by atoms with Crippen molar-refractivity contribution >= 4 is 9.84 Å². The van der Waals surface area contributed by atoms with Crippen molar-refractivity contribution in [2.75, 3.05) is 12.3 Å². The summed E-state index contributed by atoms with van der Waals surface area (Å²) < 4.78 is 24.0. The summed E-state index contributed by atoms with van der Waals surface area (Å²) in [5.41, 5.74) is 0. The molecule has 4 heteroatoms. The van der Waals surface area contributed by atoms with Crippen LogP contribution < -0.4 is 5.32 Å². The summed E-state index contributed by atoms with van der Waals surface area (Å²) in [6.07, 6.45) is 10.0. The molecule has 1 N–H and O–H groups in total. The van der Waals surface area contributed by atoms with Crippen LogP contribution in [0.25, 0.3) is 0 Å². The van der Waals surface area contributed by atoms with E-state index in [1.54, 1.807) is 0 Å². The number of hydrogen-bond donors (Lipinski definition) is 1. The third-order valence-electron chi connectivity index (χ3n) is 4.20. The third kappa shape index (κ3) is 3.95. The average Bonchev–Trinajstić information content (AvgIpc) is 2.97. The van der Waals surface area contributed by atoms with Crippen molar-refractivity contribution in [2.24, 2.45) is 0 Å². The summed E-state index contributed by atoms with van der Waals surface area (Å²) in [6, 6.07) is 0.657. The van der Waals surface area contributed by atoms with Crippen molar-refractivity contribution in [2.45, 2.75) is 69.1 Å². The van der Waals surface area contributed by atoms with Crippen molar-refractivity contribution in [1.82, 2.24) is 5.32 Å². The van der Waals surface area contributed by atoms with Crippen LogP contribution in [0.3, 0.4) is 0 Å². The summed E-state index contributed by atoms with van der Waals surface area (Å²) in [4.78, 5) is 0. The maximum absolute atomic E-state index is 12.0. The van der Waals surface area contributed by atoms with E-state index in [0.717, 1.165) is 38.6 Å². The molecule has 0 unspecified atom stereocenters. The molecular formula is C13H25NO2S. The molecule has 0 aromatic rings. The van der Waals surface area contributed by atoms with Crippen LogP contribution in [0, 0.1) is 0 Å². The molecule has 0 aromatic carbocycles. The zero-order chi connectivity index (χ0) is 12.1. The monoisotopic (exact) mass is 259 g/mol. The van der Waals surface area contributed by atoms with Gasteiger partial charge in [0.2, 0.25) is 0 Å². The van der Waals surface area contributed by atoms with Crippen molar-refractivity contribution in [3.63, 3.8) is 0 Å². The molecule has 0 heterocycles. The lowest BCUT2D eigenvalue weighted by molar-refractivity contribution is 0.519. The highest BCUT2D eigenvalue weighted by Gasteiger charge is 2.27. The lowest BCUT2D eigenvalue weighted by atomic mass is 10.2. The molecule has 3 nitrogen and oxygen atoms in total. The second-order valence-corrected chi connectivity index (χ2v) is 7.96. The first-order chi connectivity index (χ1) is 8.18. The van der Waals surface area contributed by atoms with Gasteiger partial charge in [-0.15, -0.1) is 0 Å². The molecule has 2 rings (SSSR count). The Labute approximate surface area is 105 Å². The fourth-order valence-electron chi connectivity index (χ4n) is 3.12. The quantitative estimate of drug-likeness (QED) is 0.744. The van der Waals surface area contributed by atoms with Crippen LogP contribution in [0.1, 0.15) is 57.8 Å². The summed E-state index contributed by atoms with van der Waals surface area (Å²) in [7, 11) is -2.80. The van der Waals surface area contributed by atoms with Crippen LogP contribution in [0.2, 0.25) is 0 Å². The first-order valence-corrected chi connectivity index (χ1v) is 8.85. The topological polar surface area (TPSA) is 46.2 Å². The highest BCUT2D eigenvalue weighted by molar-refractivity contribution is 7.92. The van der Waals surface area contributed by atoms with Gasteiger partial charge in [0.1, 0.15) is 0 Å². The maximum atomic E-state index is 12.0. The predicted molar refractivity (Wildman–Crippen MR) is 70.9 cm³/mol. The minimum Gasteiger partial charge on any atom is -0.314 e. The molecular weight excluding hydrogens is 234 g/mol. The zero-order valence-corrected chi connectivity index (χ0v) is 11.5. The van der Waals surface area contributed by atoms with E-state index in [2.05, 4.69) is 5.32 Å². The van der Waals surface area contributed by atoms with E-state index in [1.807, 2.05) is 0 Å². The van der Waals surface area contributed by atoms with Gasteiger partial charge in [0, 0.05) is 6.04 Å². The van der Waals surface area contributed by atoms with Crippen LogP contribution in [-0.4, -0.2) is 32.0 Å². The Bertz CT molecular complexity index is 314. The van der Waals surface area contributed by atoms with Gasteiger partial charge >= 0.3 is 0 Å². The van der Waals surface area contributed by atoms with Crippen molar-refractivity contribution in [3.05, 3.63) is 0 Å². The largest absolute Gasteiger partial charge is 0.314 e. The minimum atomic E-state index is -2.80. The molecule has 0 amide bonds. The summed E-state index contributed by atoms with van der Waals surface area (Å²) in [6.45, 7) is 0.872. The predicted octanol–water partition coefficient (Wildman–Crippen LogP) is 2.27. The molecule has 0 atom stereocenters. The molecule has 0 radical (unpaired) electrons. The summed E-state index contributed by atoms with van der Waals surface area (Å²) in [5, 5.41) is 3.46. The standard InChI is InChI=1S/C13H25NO2S/c15-17(16,13-8-3-4-9-13)11-5-10-14-12-6-1-2-7-12/h12-14H,1-11H2. The molecule has 0 spiro atoms. The normalized spacial score (nSPS) is 23.5. The minimum absolute atomic E-state index is 0.0195. The molecule has 0 saturated heterocycles. The van der Waals surface area contributed by atoms with E-state index in [4.69, 9.17) is 0 Å². The number of sulfone groups is 1. The van der Waals surface area contributed by atoms with Crippen molar-refractivity contribution in [1.29, 1.82) is 0 Å². The van der Waals surface area contributed by atoms with E-state index in [1.165, 1.54) is 25.7 Å². The second kappa shape index (κ2) is 6.19. The third-order valence-corrected chi connectivity index (χ3v) is 6.55. The summed E-state index contributed by atoms with van der Waals surface area (Å²) in [5.74, 6) is 0.386. The van der Waals surface area contributed by atoms with Crippen molar-refractivity contribution in [3.8, 4) is 0 Å². The van der Waals surface area contributed by atoms with Crippen LogP contribution in [0.4, 0.5) is 0 Å². The molecule has 100 valence electrons. The Hall–Kier alpha value is -0.0900. The van der Waals surface area contributed by atoms with Gasteiger partial charge in [-0.2, -0.15) is 0 Å². The number of hydrogen-bond acceptors (Lipinski definition) is 3. The molecule has 2 aliphatic rings. The zero-order valence-electron chi connectivity index (χ0n) is 10.7. The Morgan fingerprint density at radius 1 is 0.941 bits per heavy atom.